The fraction of sp³-hybridized carbons (Fsp3) is 0.656. The van der Waals surface area contributed by atoms with Crippen LogP contribution < -0.4 is 0 Å². The van der Waals surface area contributed by atoms with E-state index < -0.39 is 6.10 Å². The molecule has 0 aromatic rings. The number of carbonyl (C=O) groups excluding carboxylic acids is 3. The molecule has 0 aliphatic carbocycles. The van der Waals surface area contributed by atoms with Crippen LogP contribution >= 0.6 is 0 Å². The molecule has 0 aromatic heterocycles. The topological polar surface area (TPSA) is 78.9 Å². The van der Waals surface area contributed by atoms with Crippen molar-refractivity contribution in [3.8, 4) is 0 Å². The summed E-state index contributed by atoms with van der Waals surface area (Å²) < 4.78 is 16.7. The van der Waals surface area contributed by atoms with Gasteiger partial charge in [0.15, 0.2) is 6.10 Å². The highest BCUT2D eigenvalue weighted by Crippen LogP contribution is 2.15. The van der Waals surface area contributed by atoms with E-state index >= 15 is 0 Å². The summed E-state index contributed by atoms with van der Waals surface area (Å²) in [5.41, 5.74) is 0. The van der Waals surface area contributed by atoms with Crippen LogP contribution in [0.1, 0.15) is 239 Å². The monoisotopic (exact) mass is 929 g/mol. The van der Waals surface area contributed by atoms with Crippen LogP contribution in [-0.4, -0.2) is 37.2 Å². The van der Waals surface area contributed by atoms with Crippen molar-refractivity contribution in [1.29, 1.82) is 0 Å². The Morgan fingerprint density at radius 3 is 1.13 bits per heavy atom. The van der Waals surface area contributed by atoms with Gasteiger partial charge in [-0.25, -0.2) is 0 Å². The SMILES string of the molecule is CC\C=C/C=C\C=C/C=C\C=C\C=C/C=C\CCCCCC(=O)OCC(COC(=O)CC/C=C\C/C=C\CCCCCCCC)OC(=O)CCCCCCCCCCCCCCCCCCC. The maximum Gasteiger partial charge on any atom is 0.306 e. The van der Waals surface area contributed by atoms with Crippen molar-refractivity contribution in [2.24, 2.45) is 0 Å². The molecule has 0 radical (unpaired) electrons. The Morgan fingerprint density at radius 2 is 0.672 bits per heavy atom. The van der Waals surface area contributed by atoms with Gasteiger partial charge in [-0.15, -0.1) is 0 Å². The molecule has 0 rings (SSSR count). The lowest BCUT2D eigenvalue weighted by molar-refractivity contribution is -0.166. The molecule has 0 N–H and O–H groups in total. The average Bonchev–Trinajstić information content (AvgIpc) is 3.33. The van der Waals surface area contributed by atoms with E-state index in [1.807, 2.05) is 79.0 Å². The lowest BCUT2D eigenvalue weighted by atomic mass is 10.0. The van der Waals surface area contributed by atoms with E-state index in [0.29, 0.717) is 19.3 Å². The first-order chi connectivity index (χ1) is 33.0. The third kappa shape index (κ3) is 52.9. The Balaban J connectivity index is 4.53. The molecule has 1 unspecified atom stereocenters. The van der Waals surface area contributed by atoms with Crippen LogP contribution in [0.4, 0.5) is 0 Å². The zero-order chi connectivity index (χ0) is 48.6. The number of ether oxygens (including phenoxy) is 3. The number of rotatable bonds is 48. The fourth-order valence-electron chi connectivity index (χ4n) is 7.36. The van der Waals surface area contributed by atoms with Crippen LogP contribution in [0.3, 0.4) is 0 Å². The first kappa shape index (κ1) is 63.1. The molecule has 0 fully saturated rings. The maximum absolute atomic E-state index is 12.8. The van der Waals surface area contributed by atoms with E-state index in [1.165, 1.54) is 128 Å². The van der Waals surface area contributed by atoms with Crippen molar-refractivity contribution in [3.63, 3.8) is 0 Å². The first-order valence-electron chi connectivity index (χ1n) is 27.5. The highest BCUT2D eigenvalue weighted by molar-refractivity contribution is 5.71. The maximum atomic E-state index is 12.8. The number of carbonyl (C=O) groups is 3. The van der Waals surface area contributed by atoms with E-state index in [0.717, 1.165) is 64.2 Å². The Bertz CT molecular complexity index is 1390. The summed E-state index contributed by atoms with van der Waals surface area (Å²) in [5.74, 6) is -1.03. The van der Waals surface area contributed by atoms with Gasteiger partial charge in [0.2, 0.25) is 0 Å². The molecule has 1 atom stereocenters. The van der Waals surface area contributed by atoms with Crippen molar-refractivity contribution in [3.05, 3.63) is 109 Å². The Morgan fingerprint density at radius 1 is 0.328 bits per heavy atom. The van der Waals surface area contributed by atoms with E-state index in [1.54, 1.807) is 0 Å². The molecule has 0 aromatic carbocycles. The zero-order valence-electron chi connectivity index (χ0n) is 43.4. The van der Waals surface area contributed by atoms with Gasteiger partial charge in [-0.05, 0) is 57.8 Å². The molecule has 380 valence electrons. The summed E-state index contributed by atoms with van der Waals surface area (Å²) in [6.07, 6.45) is 73.7. The summed E-state index contributed by atoms with van der Waals surface area (Å²) in [7, 11) is 0. The molecule has 0 amide bonds. The molecule has 6 nitrogen and oxygen atoms in total. The van der Waals surface area contributed by atoms with Gasteiger partial charge in [-0.1, -0.05) is 271 Å². The minimum atomic E-state index is -0.820. The van der Waals surface area contributed by atoms with Gasteiger partial charge in [0.05, 0.1) is 0 Å². The molecule has 0 aliphatic heterocycles. The highest BCUT2D eigenvalue weighted by Gasteiger charge is 2.19. The fourth-order valence-corrected chi connectivity index (χ4v) is 7.36. The molecule has 0 saturated carbocycles. The standard InChI is InChI=1S/C61H100O6/c1-4-7-10-13-16-19-22-25-27-29-30-32-33-36-39-42-45-48-51-54-60(63)66-57-58(56-65-59(62)53-50-47-44-41-38-35-24-21-18-15-12-9-6-3)67-61(64)55-52-49-46-43-40-37-34-31-28-26-23-20-17-14-11-8-5-2/h7,10,13,16,19,22,25,27,29-30,32-33,35-36,38-39,44,47,58H,4-6,8-9,11-12,14-15,17-18,20-21,23-24,26,28,31,34,37,40-43,45-46,48-57H2,1-3H3/b10-7-,16-13-,22-19-,27-25-,30-29+,33-32-,38-35-,39-36-,47-44-. The van der Waals surface area contributed by atoms with Gasteiger partial charge in [0.1, 0.15) is 13.2 Å². The van der Waals surface area contributed by atoms with Gasteiger partial charge in [-0.2, -0.15) is 0 Å². The van der Waals surface area contributed by atoms with Crippen molar-refractivity contribution in [2.75, 3.05) is 13.2 Å². The molecule has 6 heteroatoms. The predicted octanol–water partition coefficient (Wildman–Crippen LogP) is 18.3. The minimum Gasteiger partial charge on any atom is -0.462 e. The lowest BCUT2D eigenvalue weighted by Crippen LogP contribution is -2.30. The smallest absolute Gasteiger partial charge is 0.306 e. The van der Waals surface area contributed by atoms with Crippen molar-refractivity contribution < 1.29 is 28.6 Å². The number of hydrogen-bond acceptors (Lipinski definition) is 6. The lowest BCUT2D eigenvalue weighted by Gasteiger charge is -2.18. The minimum absolute atomic E-state index is 0.119. The number of hydrogen-bond donors (Lipinski definition) is 0. The van der Waals surface area contributed by atoms with Gasteiger partial charge in [0.25, 0.3) is 0 Å². The average molecular weight is 929 g/mol. The van der Waals surface area contributed by atoms with Crippen LogP contribution in [0.25, 0.3) is 0 Å². The molecule has 0 aliphatic rings. The van der Waals surface area contributed by atoms with Gasteiger partial charge >= 0.3 is 17.9 Å². The molecule has 0 heterocycles. The quantitative estimate of drug-likeness (QED) is 0.0199. The number of esters is 3. The Kier molecular flexibility index (Phi) is 51.5. The molecule has 0 saturated heterocycles. The van der Waals surface area contributed by atoms with Crippen molar-refractivity contribution in [1.82, 2.24) is 0 Å². The van der Waals surface area contributed by atoms with E-state index in [-0.39, 0.29) is 37.5 Å². The second-order valence-electron chi connectivity index (χ2n) is 17.9. The molecule has 0 spiro atoms. The van der Waals surface area contributed by atoms with Gasteiger partial charge < -0.3 is 14.2 Å². The summed E-state index contributed by atoms with van der Waals surface area (Å²) in [6.45, 7) is 6.40. The summed E-state index contributed by atoms with van der Waals surface area (Å²) in [5, 5.41) is 0. The summed E-state index contributed by atoms with van der Waals surface area (Å²) >= 11 is 0. The largest absolute Gasteiger partial charge is 0.462 e. The molecule has 0 bridgehead atoms. The Hall–Kier alpha value is -3.93. The zero-order valence-corrected chi connectivity index (χ0v) is 43.4. The van der Waals surface area contributed by atoms with Crippen LogP contribution in [-0.2, 0) is 28.6 Å². The normalized spacial score (nSPS) is 12.9. The van der Waals surface area contributed by atoms with E-state index in [2.05, 4.69) is 51.2 Å². The highest BCUT2D eigenvalue weighted by atomic mass is 16.6. The van der Waals surface area contributed by atoms with Crippen molar-refractivity contribution >= 4 is 17.9 Å². The predicted molar refractivity (Wildman–Crippen MR) is 288 cm³/mol. The second kappa shape index (κ2) is 54.7. The Labute approximate surface area is 412 Å². The number of allylic oxidation sites excluding steroid dienone is 18. The molecular formula is C61H100O6. The van der Waals surface area contributed by atoms with Crippen LogP contribution in [0.2, 0.25) is 0 Å². The van der Waals surface area contributed by atoms with Gasteiger partial charge in [-0.3, -0.25) is 14.4 Å². The summed E-state index contributed by atoms with van der Waals surface area (Å²) in [4.78, 5) is 38.0. The third-order valence-electron chi connectivity index (χ3n) is 11.5. The third-order valence-corrected chi connectivity index (χ3v) is 11.5. The second-order valence-corrected chi connectivity index (χ2v) is 17.9. The van der Waals surface area contributed by atoms with Crippen molar-refractivity contribution in [2.45, 2.75) is 245 Å². The van der Waals surface area contributed by atoms with Crippen LogP contribution in [0, 0.1) is 0 Å². The van der Waals surface area contributed by atoms with Crippen LogP contribution in [0.5, 0.6) is 0 Å². The van der Waals surface area contributed by atoms with Crippen LogP contribution in [0.15, 0.2) is 109 Å². The van der Waals surface area contributed by atoms with Gasteiger partial charge in [0, 0.05) is 19.3 Å². The summed E-state index contributed by atoms with van der Waals surface area (Å²) in [6, 6.07) is 0. The van der Waals surface area contributed by atoms with E-state index in [4.69, 9.17) is 14.2 Å². The van der Waals surface area contributed by atoms with E-state index in [9.17, 15) is 14.4 Å². The first-order valence-corrected chi connectivity index (χ1v) is 27.5. The molecule has 67 heavy (non-hydrogen) atoms. The molecular weight excluding hydrogens is 829 g/mol. The number of unbranched alkanes of at least 4 members (excludes halogenated alkanes) is 25.